The highest BCUT2D eigenvalue weighted by Crippen LogP contribution is 2.31. The SMILES string of the molecule is CCn1nc(C)cc1C(=O)Nc1nc2cc(C(N)=O)cc(OC)c2n1CCCNc1ncc(-c2cccc(C(=O)O)c2)o1. The highest BCUT2D eigenvalue weighted by atomic mass is 16.5. The van der Waals surface area contributed by atoms with E-state index in [1.807, 2.05) is 13.8 Å². The molecule has 0 aliphatic rings. The molecule has 0 aliphatic heterocycles. The number of methoxy groups -OCH3 is 1. The van der Waals surface area contributed by atoms with Gasteiger partial charge in [0.1, 0.15) is 17.0 Å². The Bertz CT molecular complexity index is 1840. The number of carbonyl (C=O) groups is 3. The summed E-state index contributed by atoms with van der Waals surface area (Å²) in [5.41, 5.74) is 8.59. The van der Waals surface area contributed by atoms with E-state index >= 15 is 0 Å². The zero-order valence-corrected chi connectivity index (χ0v) is 23.7. The van der Waals surface area contributed by atoms with E-state index in [2.05, 4.69) is 25.7 Å². The third kappa shape index (κ3) is 6.02. The molecule has 5 aromatic rings. The molecule has 2 aromatic carbocycles. The molecular weight excluding hydrogens is 556 g/mol. The van der Waals surface area contributed by atoms with Gasteiger partial charge in [0.15, 0.2) is 5.76 Å². The predicted octanol–water partition coefficient (Wildman–Crippen LogP) is 3.78. The van der Waals surface area contributed by atoms with Gasteiger partial charge in [0.25, 0.3) is 11.9 Å². The number of nitrogens with one attached hydrogen (secondary N) is 2. The summed E-state index contributed by atoms with van der Waals surface area (Å²) in [7, 11) is 1.48. The Balaban J connectivity index is 1.37. The Morgan fingerprint density at radius 3 is 2.67 bits per heavy atom. The number of imidazole rings is 1. The van der Waals surface area contributed by atoms with Crippen LogP contribution in [0.2, 0.25) is 0 Å². The molecule has 3 heterocycles. The molecule has 5 rings (SSSR count). The van der Waals surface area contributed by atoms with Crippen molar-refractivity contribution in [2.75, 3.05) is 24.3 Å². The largest absolute Gasteiger partial charge is 0.494 e. The first kappa shape index (κ1) is 28.9. The summed E-state index contributed by atoms with van der Waals surface area (Å²) in [5, 5.41) is 19.6. The zero-order valence-electron chi connectivity index (χ0n) is 23.7. The molecule has 14 heteroatoms. The van der Waals surface area contributed by atoms with Crippen LogP contribution >= 0.6 is 0 Å². The Labute approximate surface area is 245 Å². The maximum absolute atomic E-state index is 13.3. The van der Waals surface area contributed by atoms with E-state index in [-0.39, 0.29) is 29.0 Å². The van der Waals surface area contributed by atoms with Crippen LogP contribution in [0.3, 0.4) is 0 Å². The number of carbonyl (C=O) groups excluding carboxylic acids is 2. The van der Waals surface area contributed by atoms with Crippen LogP contribution in [0, 0.1) is 6.92 Å². The van der Waals surface area contributed by atoms with Gasteiger partial charge in [0.2, 0.25) is 11.9 Å². The van der Waals surface area contributed by atoms with Gasteiger partial charge >= 0.3 is 5.97 Å². The highest BCUT2D eigenvalue weighted by molar-refractivity contribution is 6.04. The summed E-state index contributed by atoms with van der Waals surface area (Å²) in [5.74, 6) is -0.984. The predicted molar refractivity (Wildman–Crippen MR) is 157 cm³/mol. The fourth-order valence-electron chi connectivity index (χ4n) is 4.70. The number of benzene rings is 2. The van der Waals surface area contributed by atoms with Gasteiger partial charge in [-0.1, -0.05) is 12.1 Å². The molecule has 3 aromatic heterocycles. The van der Waals surface area contributed by atoms with Crippen molar-refractivity contribution in [1.82, 2.24) is 24.3 Å². The van der Waals surface area contributed by atoms with Crippen LogP contribution in [-0.2, 0) is 13.1 Å². The van der Waals surface area contributed by atoms with Crippen LogP contribution in [0.25, 0.3) is 22.4 Å². The fourth-order valence-corrected chi connectivity index (χ4v) is 4.70. The van der Waals surface area contributed by atoms with Crippen LogP contribution in [0.4, 0.5) is 12.0 Å². The minimum Gasteiger partial charge on any atom is -0.494 e. The number of primary amides is 1. The Kier molecular flexibility index (Phi) is 8.09. The van der Waals surface area contributed by atoms with Crippen molar-refractivity contribution in [3.05, 3.63) is 71.2 Å². The monoisotopic (exact) mass is 586 g/mol. The maximum atomic E-state index is 13.3. The lowest BCUT2D eigenvalue weighted by Gasteiger charge is -2.13. The zero-order chi connectivity index (χ0) is 30.7. The van der Waals surface area contributed by atoms with Gasteiger partial charge in [-0.2, -0.15) is 5.10 Å². The number of aryl methyl sites for hydroxylation is 3. The number of carboxylic acid groups (broad SMARTS) is 1. The molecule has 0 spiro atoms. The number of carboxylic acids is 1. The second kappa shape index (κ2) is 12.1. The molecule has 0 radical (unpaired) electrons. The number of fused-ring (bicyclic) bond motifs is 1. The Morgan fingerprint density at radius 2 is 1.95 bits per heavy atom. The number of hydrogen-bond acceptors (Lipinski definition) is 9. The molecule has 2 amide bonds. The summed E-state index contributed by atoms with van der Waals surface area (Å²) in [6.45, 7) is 5.05. The quantitative estimate of drug-likeness (QED) is 0.156. The van der Waals surface area contributed by atoms with E-state index in [0.717, 1.165) is 0 Å². The summed E-state index contributed by atoms with van der Waals surface area (Å²) in [6, 6.07) is 11.4. The molecule has 0 fully saturated rings. The molecule has 0 aliphatic carbocycles. The third-order valence-electron chi connectivity index (χ3n) is 6.71. The summed E-state index contributed by atoms with van der Waals surface area (Å²) in [4.78, 5) is 45.3. The van der Waals surface area contributed by atoms with Crippen molar-refractivity contribution >= 4 is 40.8 Å². The summed E-state index contributed by atoms with van der Waals surface area (Å²) < 4.78 is 14.8. The lowest BCUT2D eigenvalue weighted by Crippen LogP contribution is -2.20. The van der Waals surface area contributed by atoms with Crippen LogP contribution < -0.4 is 21.1 Å². The molecule has 222 valence electrons. The molecule has 0 atom stereocenters. The lowest BCUT2D eigenvalue weighted by atomic mass is 10.1. The maximum Gasteiger partial charge on any atom is 0.335 e. The van der Waals surface area contributed by atoms with E-state index in [0.29, 0.717) is 65.5 Å². The van der Waals surface area contributed by atoms with Crippen LogP contribution in [0.5, 0.6) is 5.75 Å². The average molecular weight is 587 g/mol. The molecule has 0 unspecified atom stereocenters. The van der Waals surface area contributed by atoms with Gasteiger partial charge in [0, 0.05) is 30.8 Å². The molecule has 43 heavy (non-hydrogen) atoms. The average Bonchev–Trinajstić information content (AvgIpc) is 3.71. The van der Waals surface area contributed by atoms with Crippen LogP contribution in [0.15, 0.2) is 53.1 Å². The number of rotatable bonds is 12. The number of nitrogens with two attached hydrogens (primary N) is 1. The minimum absolute atomic E-state index is 0.145. The number of aromatic carboxylic acids is 1. The van der Waals surface area contributed by atoms with E-state index in [4.69, 9.17) is 14.9 Å². The number of aromatic nitrogens is 5. The minimum atomic E-state index is -1.03. The number of anilines is 2. The van der Waals surface area contributed by atoms with Gasteiger partial charge in [-0.15, -0.1) is 0 Å². The number of amides is 2. The number of hydrogen-bond donors (Lipinski definition) is 4. The van der Waals surface area contributed by atoms with Crippen molar-refractivity contribution in [1.29, 1.82) is 0 Å². The second-order valence-corrected chi connectivity index (χ2v) is 9.63. The smallest absolute Gasteiger partial charge is 0.335 e. The standard InChI is InChI=1S/C29H30N8O6/c1-4-37-21(11-16(2)35-37)26(39)34-28-33-20-13-19(25(30)38)14-22(42-3)24(20)36(28)10-6-9-31-29-32-15-23(43-29)17-7-5-8-18(12-17)27(40)41/h5,7-8,11-15H,4,6,9-10H2,1-3H3,(H2,30,38)(H,31,32)(H,40,41)(H,33,34,39). The van der Waals surface area contributed by atoms with Gasteiger partial charge in [-0.05, 0) is 50.6 Å². The molecule has 0 saturated carbocycles. The topological polar surface area (TPSA) is 192 Å². The fraction of sp³-hybridized carbons (Fsp3) is 0.241. The lowest BCUT2D eigenvalue weighted by molar-refractivity contribution is 0.0696. The normalized spacial score (nSPS) is 11.0. The van der Waals surface area contributed by atoms with Crippen molar-refractivity contribution in [3.63, 3.8) is 0 Å². The summed E-state index contributed by atoms with van der Waals surface area (Å²) >= 11 is 0. The van der Waals surface area contributed by atoms with Crippen LogP contribution in [-0.4, -0.2) is 60.9 Å². The number of oxazole rings is 1. The van der Waals surface area contributed by atoms with Crippen molar-refractivity contribution in [2.24, 2.45) is 5.73 Å². The van der Waals surface area contributed by atoms with E-state index in [1.165, 1.54) is 31.5 Å². The Hall–Kier alpha value is -5.66. The van der Waals surface area contributed by atoms with Crippen molar-refractivity contribution < 1.29 is 28.6 Å². The van der Waals surface area contributed by atoms with E-state index in [1.54, 1.807) is 33.5 Å². The third-order valence-corrected chi connectivity index (χ3v) is 6.71. The molecule has 14 nitrogen and oxygen atoms in total. The van der Waals surface area contributed by atoms with E-state index in [9.17, 15) is 19.5 Å². The number of ether oxygens (including phenoxy) is 1. The number of nitrogens with zero attached hydrogens (tertiary/aromatic N) is 5. The van der Waals surface area contributed by atoms with Crippen molar-refractivity contribution in [2.45, 2.75) is 33.4 Å². The first-order valence-electron chi connectivity index (χ1n) is 13.5. The van der Waals surface area contributed by atoms with Gasteiger partial charge in [-0.25, -0.2) is 14.8 Å². The van der Waals surface area contributed by atoms with Gasteiger partial charge in [-0.3, -0.25) is 19.6 Å². The first-order valence-corrected chi connectivity index (χ1v) is 13.5. The molecule has 0 saturated heterocycles. The van der Waals surface area contributed by atoms with E-state index < -0.39 is 11.9 Å². The molecule has 0 bridgehead atoms. The van der Waals surface area contributed by atoms with Crippen LogP contribution in [0.1, 0.15) is 50.2 Å². The Morgan fingerprint density at radius 1 is 1.14 bits per heavy atom. The molecular formula is C29H30N8O6. The molecule has 5 N–H and O–H groups in total. The highest BCUT2D eigenvalue weighted by Gasteiger charge is 2.21. The second-order valence-electron chi connectivity index (χ2n) is 9.63. The van der Waals surface area contributed by atoms with Crippen molar-refractivity contribution in [3.8, 4) is 17.1 Å². The summed E-state index contributed by atoms with van der Waals surface area (Å²) in [6.07, 6.45) is 2.07. The first-order chi connectivity index (χ1) is 20.7. The van der Waals surface area contributed by atoms with Gasteiger partial charge in [0.05, 0.1) is 30.1 Å². The van der Waals surface area contributed by atoms with Gasteiger partial charge < -0.3 is 29.9 Å².